The van der Waals surface area contributed by atoms with E-state index in [1.807, 2.05) is 0 Å². The number of unbranched alkanes of at least 4 members (excludes halogenated alkanes) is 3. The second kappa shape index (κ2) is 6.94. The van der Waals surface area contributed by atoms with E-state index >= 15 is 0 Å². The van der Waals surface area contributed by atoms with Crippen LogP contribution < -0.4 is 0 Å². The predicted octanol–water partition coefficient (Wildman–Crippen LogP) is 4.66. The molecule has 1 heterocycles. The van der Waals surface area contributed by atoms with Crippen molar-refractivity contribution in [2.45, 2.75) is 91.2 Å². The summed E-state index contributed by atoms with van der Waals surface area (Å²) in [6, 6.07) is -0.0801. The Morgan fingerprint density at radius 3 is 2.58 bits per heavy atom. The number of rotatable bonds is 7. The van der Waals surface area contributed by atoms with Crippen molar-refractivity contribution in [2.75, 3.05) is 5.75 Å². The number of nitrogens with zero attached hydrogens (tertiary/aromatic N) is 1. The summed E-state index contributed by atoms with van der Waals surface area (Å²) in [5.74, 6) is 0.0187. The van der Waals surface area contributed by atoms with Crippen LogP contribution >= 0.6 is 10.8 Å². The molecule has 0 aromatic carbocycles. The van der Waals surface area contributed by atoms with Gasteiger partial charge in [-0.05, 0) is 37.0 Å². The van der Waals surface area contributed by atoms with E-state index in [0.717, 1.165) is 44.9 Å². The van der Waals surface area contributed by atoms with Gasteiger partial charge in [0, 0.05) is 5.41 Å². The van der Waals surface area contributed by atoms with Crippen LogP contribution in [-0.2, 0) is 4.79 Å². The maximum atomic E-state index is 13.2. The third-order valence-corrected chi connectivity index (χ3v) is 9.94. The van der Waals surface area contributed by atoms with Crippen molar-refractivity contribution in [3.8, 4) is 0 Å². The molecule has 3 aliphatic rings. The highest BCUT2D eigenvalue weighted by Crippen LogP contribution is 2.76. The molecule has 26 heavy (non-hydrogen) atoms. The van der Waals surface area contributed by atoms with E-state index in [2.05, 4.69) is 20.8 Å². The normalized spacial score (nSPS) is 37.4. The maximum absolute atomic E-state index is 13.2. The molecule has 1 spiro atoms. The van der Waals surface area contributed by atoms with E-state index in [9.17, 15) is 19.0 Å². The second-order valence-electron chi connectivity index (χ2n) is 9.51. The summed E-state index contributed by atoms with van der Waals surface area (Å²) in [7, 11) is -3.10. The van der Waals surface area contributed by atoms with Gasteiger partial charge in [0.2, 0.25) is 5.91 Å². The zero-order valence-electron chi connectivity index (χ0n) is 16.8. The number of hydrogen-bond donors (Lipinski definition) is 3. The van der Waals surface area contributed by atoms with Crippen LogP contribution in [0.15, 0.2) is 0 Å². The van der Waals surface area contributed by atoms with E-state index in [1.54, 1.807) is 6.92 Å². The molecule has 0 radical (unpaired) electrons. The molecule has 3 N–H and O–H groups in total. The van der Waals surface area contributed by atoms with E-state index in [-0.39, 0.29) is 22.8 Å². The number of amides is 1. The van der Waals surface area contributed by atoms with Crippen LogP contribution in [0.3, 0.4) is 0 Å². The molecule has 2 bridgehead atoms. The minimum absolute atomic E-state index is 0.0401. The van der Waals surface area contributed by atoms with Gasteiger partial charge in [-0.2, -0.15) is 0 Å². The highest BCUT2D eigenvalue weighted by Gasteiger charge is 2.72. The summed E-state index contributed by atoms with van der Waals surface area (Å²) in [6.07, 6.45) is 7.11. The van der Waals surface area contributed by atoms with Crippen LogP contribution in [0.1, 0.15) is 79.1 Å². The van der Waals surface area contributed by atoms with Gasteiger partial charge in [0.05, 0.1) is 23.8 Å². The molecule has 6 heteroatoms. The van der Waals surface area contributed by atoms with Gasteiger partial charge in [0.1, 0.15) is 0 Å². The molecule has 1 saturated heterocycles. The standard InChI is InChI=1S/C20H37NO4S/c1-5-6-7-8-9-16(22)14(2)18(23)21-17-12-15-10-11-20(17,19(15,3)4)13-26(21,24)25/h14-17,22,24-25H,5-13H2,1-4H3/t14-,15+,16-,17+,20+/m1/s1. The zero-order valence-corrected chi connectivity index (χ0v) is 17.6. The Kier molecular flexibility index (Phi) is 5.46. The lowest BCUT2D eigenvalue weighted by Gasteiger charge is -2.41. The van der Waals surface area contributed by atoms with Gasteiger partial charge in [0.25, 0.3) is 0 Å². The van der Waals surface area contributed by atoms with Crippen LogP contribution in [0, 0.1) is 22.7 Å². The SMILES string of the molecule is CCCCCC[C@@H](O)[C@@H](C)C(=O)N1[C@H]2C[C@@H]3CC[C@@]2(CS1(O)O)C3(C)C. The van der Waals surface area contributed by atoms with Crippen LogP contribution in [0.5, 0.6) is 0 Å². The molecule has 0 aromatic heterocycles. The third-order valence-electron chi connectivity index (χ3n) is 7.98. The van der Waals surface area contributed by atoms with Crippen molar-refractivity contribution < 1.29 is 19.0 Å². The van der Waals surface area contributed by atoms with Crippen molar-refractivity contribution in [3.05, 3.63) is 0 Å². The molecular formula is C20H37NO4S. The predicted molar refractivity (Wildman–Crippen MR) is 106 cm³/mol. The fourth-order valence-electron chi connectivity index (χ4n) is 6.01. The molecule has 3 fully saturated rings. The molecule has 1 aliphatic heterocycles. The second-order valence-corrected chi connectivity index (χ2v) is 11.5. The molecule has 2 saturated carbocycles. The summed E-state index contributed by atoms with van der Waals surface area (Å²) < 4.78 is 23.1. The van der Waals surface area contributed by atoms with Crippen LogP contribution in [-0.4, -0.2) is 42.3 Å². The number of fused-ring (bicyclic) bond motifs is 1. The van der Waals surface area contributed by atoms with Crippen LogP contribution in [0.4, 0.5) is 0 Å². The zero-order chi connectivity index (χ0) is 19.3. The highest BCUT2D eigenvalue weighted by atomic mass is 32.3. The average molecular weight is 388 g/mol. The van der Waals surface area contributed by atoms with E-state index in [0.29, 0.717) is 18.1 Å². The largest absolute Gasteiger partial charge is 0.392 e. The maximum Gasteiger partial charge on any atom is 0.246 e. The lowest BCUT2D eigenvalue weighted by molar-refractivity contribution is -0.136. The molecule has 2 aliphatic carbocycles. The Labute approximate surface area is 160 Å². The first-order chi connectivity index (χ1) is 12.1. The van der Waals surface area contributed by atoms with Crippen molar-refractivity contribution in [1.29, 1.82) is 0 Å². The topological polar surface area (TPSA) is 81.0 Å². The Hall–Kier alpha value is -0.300. The number of aliphatic hydroxyl groups excluding tert-OH is 1. The van der Waals surface area contributed by atoms with Gasteiger partial charge in [-0.25, -0.2) is 4.31 Å². The number of aliphatic hydroxyl groups is 1. The first-order valence-electron chi connectivity index (χ1n) is 10.4. The monoisotopic (exact) mass is 387 g/mol. The molecule has 5 atom stereocenters. The fraction of sp³-hybridized carbons (Fsp3) is 0.950. The fourth-order valence-corrected chi connectivity index (χ4v) is 8.70. The Bertz CT molecular complexity index is 552. The summed E-state index contributed by atoms with van der Waals surface area (Å²) in [5, 5.41) is 10.5. The summed E-state index contributed by atoms with van der Waals surface area (Å²) in [6.45, 7) is 8.36. The van der Waals surface area contributed by atoms with Gasteiger partial charge in [-0.15, -0.1) is 10.8 Å². The first-order valence-corrected chi connectivity index (χ1v) is 12.0. The number of hydrogen-bond acceptors (Lipinski definition) is 4. The van der Waals surface area contributed by atoms with Gasteiger partial charge in [0.15, 0.2) is 0 Å². The quantitative estimate of drug-likeness (QED) is 0.555. The first kappa shape index (κ1) is 20.4. The average Bonchev–Trinajstić information content (AvgIpc) is 3.04. The van der Waals surface area contributed by atoms with E-state index < -0.39 is 22.8 Å². The molecule has 0 aromatic rings. The minimum Gasteiger partial charge on any atom is -0.392 e. The van der Waals surface area contributed by atoms with Gasteiger partial charge in [-0.1, -0.05) is 53.4 Å². The van der Waals surface area contributed by atoms with Crippen molar-refractivity contribution in [2.24, 2.45) is 22.7 Å². The summed E-state index contributed by atoms with van der Waals surface area (Å²) in [5.41, 5.74) is -0.129. The summed E-state index contributed by atoms with van der Waals surface area (Å²) in [4.78, 5) is 13.2. The Balaban J connectivity index is 1.73. The number of carbonyl (C=O) groups is 1. The van der Waals surface area contributed by atoms with Crippen molar-refractivity contribution in [3.63, 3.8) is 0 Å². The molecule has 0 unspecified atom stereocenters. The third kappa shape index (κ3) is 2.92. The van der Waals surface area contributed by atoms with Crippen LogP contribution in [0.2, 0.25) is 0 Å². The van der Waals surface area contributed by atoms with Crippen LogP contribution in [0.25, 0.3) is 0 Å². The van der Waals surface area contributed by atoms with Gasteiger partial charge >= 0.3 is 0 Å². The smallest absolute Gasteiger partial charge is 0.246 e. The lowest BCUT2D eigenvalue weighted by Crippen LogP contribution is -2.47. The summed E-state index contributed by atoms with van der Waals surface area (Å²) >= 11 is 0. The molecule has 3 rings (SSSR count). The van der Waals surface area contributed by atoms with Gasteiger partial charge < -0.3 is 5.11 Å². The molecule has 5 nitrogen and oxygen atoms in total. The molecule has 1 amide bonds. The number of carbonyl (C=O) groups excluding carboxylic acids is 1. The van der Waals surface area contributed by atoms with E-state index in [4.69, 9.17) is 0 Å². The molecular weight excluding hydrogens is 350 g/mol. The van der Waals surface area contributed by atoms with Gasteiger partial charge in [-0.3, -0.25) is 13.9 Å². The molecule has 152 valence electrons. The van der Waals surface area contributed by atoms with Crippen molar-refractivity contribution in [1.82, 2.24) is 4.31 Å². The Morgan fingerprint density at radius 2 is 1.96 bits per heavy atom. The minimum atomic E-state index is -3.10. The Morgan fingerprint density at radius 1 is 1.27 bits per heavy atom. The highest BCUT2D eigenvalue weighted by molar-refractivity contribution is 8.22. The van der Waals surface area contributed by atoms with Crippen molar-refractivity contribution >= 4 is 16.7 Å². The van der Waals surface area contributed by atoms with E-state index in [1.165, 1.54) is 4.31 Å². The lowest BCUT2D eigenvalue weighted by atomic mass is 9.69.